The first kappa shape index (κ1) is 22.9. The molecule has 0 radical (unpaired) electrons. The summed E-state index contributed by atoms with van der Waals surface area (Å²) in [5.41, 5.74) is 1.02. The number of benzene rings is 1. The fraction of sp³-hybridized carbons (Fsp3) is 0.522. The normalized spacial score (nSPS) is 19.0. The summed E-state index contributed by atoms with van der Waals surface area (Å²) in [6.07, 6.45) is 3.61. The zero-order chi connectivity index (χ0) is 23.0. The van der Waals surface area contributed by atoms with Gasteiger partial charge in [0, 0.05) is 18.7 Å². The van der Waals surface area contributed by atoms with Gasteiger partial charge in [-0.2, -0.15) is 5.10 Å². The van der Waals surface area contributed by atoms with E-state index in [1.54, 1.807) is 9.58 Å². The molecule has 1 saturated heterocycles. The predicted octanol–water partition coefficient (Wildman–Crippen LogP) is 4.97. The average Bonchev–Trinajstić information content (AvgIpc) is 3.47. The van der Waals surface area contributed by atoms with Crippen LogP contribution in [0.15, 0.2) is 24.3 Å². The summed E-state index contributed by atoms with van der Waals surface area (Å²) in [5, 5.41) is 14.6. The first-order valence-corrected chi connectivity index (χ1v) is 12.0. The van der Waals surface area contributed by atoms with E-state index in [-0.39, 0.29) is 17.8 Å². The maximum atomic E-state index is 12.6. The summed E-state index contributed by atoms with van der Waals surface area (Å²) >= 11 is 2.05. The number of aromatic nitrogens is 2. The van der Waals surface area contributed by atoms with Crippen LogP contribution in [0.5, 0.6) is 5.75 Å². The number of aromatic carboxylic acids is 1. The highest BCUT2D eigenvalue weighted by atomic mass is 127. The lowest BCUT2D eigenvalue weighted by molar-refractivity contribution is 0.0166. The molecule has 0 unspecified atom stereocenters. The molecule has 1 aliphatic heterocycles. The zero-order valence-corrected chi connectivity index (χ0v) is 20.7. The van der Waals surface area contributed by atoms with Crippen molar-refractivity contribution < 1.29 is 24.2 Å². The smallest absolute Gasteiger partial charge is 0.410 e. The maximum absolute atomic E-state index is 12.6. The number of likely N-dealkylation sites (tertiary alicyclic amines) is 1. The SMILES string of the molecule is CC(C)(C)OC(=O)N1CCC[C@@H](n2nc(-c3ccc(OC4CC4)cc3)c(I)c2C(=O)O)C1. The van der Waals surface area contributed by atoms with Crippen molar-refractivity contribution in [3.8, 4) is 17.0 Å². The zero-order valence-electron chi connectivity index (χ0n) is 18.5. The number of nitrogens with zero attached hydrogens (tertiary/aromatic N) is 3. The van der Waals surface area contributed by atoms with Crippen LogP contribution < -0.4 is 4.74 Å². The topological polar surface area (TPSA) is 93.9 Å². The molecule has 0 spiro atoms. The Hall–Kier alpha value is -2.30. The van der Waals surface area contributed by atoms with Gasteiger partial charge in [0.05, 0.1) is 15.7 Å². The predicted molar refractivity (Wildman–Crippen MR) is 127 cm³/mol. The number of carboxylic acid groups (broad SMARTS) is 1. The van der Waals surface area contributed by atoms with Gasteiger partial charge in [-0.05, 0) is 93.3 Å². The minimum atomic E-state index is -1.03. The molecular weight excluding hydrogens is 525 g/mol. The van der Waals surface area contributed by atoms with E-state index >= 15 is 0 Å². The van der Waals surface area contributed by atoms with Crippen molar-refractivity contribution in [2.75, 3.05) is 13.1 Å². The van der Waals surface area contributed by atoms with Crippen LogP contribution in [0.3, 0.4) is 0 Å². The van der Waals surface area contributed by atoms with E-state index in [0.717, 1.165) is 37.0 Å². The summed E-state index contributed by atoms with van der Waals surface area (Å²) in [6.45, 7) is 6.44. The number of carbonyl (C=O) groups is 2. The standard InChI is InChI=1S/C23H28IN3O5/c1-23(2,3)32-22(30)26-12-4-5-15(13-26)27-20(21(28)29)18(24)19(25-27)14-6-8-16(9-7-14)31-17-10-11-17/h6-9,15,17H,4-5,10-13H2,1-3H3,(H,28,29)/t15-/m1/s1. The molecular formula is C23H28IN3O5. The lowest BCUT2D eigenvalue weighted by Crippen LogP contribution is -2.44. The van der Waals surface area contributed by atoms with Gasteiger partial charge < -0.3 is 19.5 Å². The van der Waals surface area contributed by atoms with Gasteiger partial charge in [-0.15, -0.1) is 0 Å². The fourth-order valence-electron chi connectivity index (χ4n) is 3.77. The number of amides is 1. The molecule has 2 aliphatic rings. The lowest BCUT2D eigenvalue weighted by atomic mass is 10.1. The Balaban J connectivity index is 1.59. The summed E-state index contributed by atoms with van der Waals surface area (Å²) in [7, 11) is 0. The number of carbonyl (C=O) groups excluding carboxylic acids is 1. The fourth-order valence-corrected chi connectivity index (χ4v) is 4.67. The number of hydrogen-bond donors (Lipinski definition) is 1. The first-order valence-electron chi connectivity index (χ1n) is 10.9. The Labute approximate surface area is 201 Å². The largest absolute Gasteiger partial charge is 0.490 e. The van der Waals surface area contributed by atoms with E-state index < -0.39 is 11.6 Å². The molecule has 4 rings (SSSR count). The van der Waals surface area contributed by atoms with Gasteiger partial charge in [0.25, 0.3) is 0 Å². The quantitative estimate of drug-likeness (QED) is 0.526. The summed E-state index contributed by atoms with van der Waals surface area (Å²) in [6, 6.07) is 7.38. The summed E-state index contributed by atoms with van der Waals surface area (Å²) in [5.74, 6) is -0.222. The molecule has 1 atom stereocenters. The molecule has 0 bridgehead atoms. The van der Waals surface area contributed by atoms with Crippen LogP contribution in [-0.2, 0) is 4.74 Å². The molecule has 1 amide bonds. The molecule has 8 nitrogen and oxygen atoms in total. The highest BCUT2D eigenvalue weighted by Crippen LogP contribution is 2.34. The second-order valence-corrected chi connectivity index (χ2v) is 10.4. The third-order valence-electron chi connectivity index (χ3n) is 5.40. The molecule has 32 heavy (non-hydrogen) atoms. The van der Waals surface area contributed by atoms with Gasteiger partial charge in [-0.3, -0.25) is 4.68 Å². The third-order valence-corrected chi connectivity index (χ3v) is 6.43. The Bertz CT molecular complexity index is 1010. The van der Waals surface area contributed by atoms with Crippen molar-refractivity contribution in [2.45, 2.75) is 64.2 Å². The van der Waals surface area contributed by atoms with Crippen LogP contribution >= 0.6 is 22.6 Å². The van der Waals surface area contributed by atoms with Gasteiger partial charge in [-0.1, -0.05) is 0 Å². The lowest BCUT2D eigenvalue weighted by Gasteiger charge is -2.34. The van der Waals surface area contributed by atoms with Crippen molar-refractivity contribution in [1.29, 1.82) is 0 Å². The number of hydrogen-bond acceptors (Lipinski definition) is 5. The van der Waals surface area contributed by atoms with Crippen LogP contribution in [-0.4, -0.2) is 56.6 Å². The van der Waals surface area contributed by atoms with Crippen LogP contribution in [0.4, 0.5) is 4.79 Å². The van der Waals surface area contributed by atoms with Crippen molar-refractivity contribution >= 4 is 34.7 Å². The molecule has 2 heterocycles. The third kappa shape index (κ3) is 5.19. The molecule has 2 aromatic rings. The van der Waals surface area contributed by atoms with Crippen molar-refractivity contribution in [3.63, 3.8) is 0 Å². The van der Waals surface area contributed by atoms with Gasteiger partial charge in [0.1, 0.15) is 17.0 Å². The first-order chi connectivity index (χ1) is 15.1. The van der Waals surface area contributed by atoms with Crippen LogP contribution in [0.2, 0.25) is 0 Å². The Morgan fingerprint density at radius 2 is 1.84 bits per heavy atom. The van der Waals surface area contributed by atoms with Gasteiger partial charge >= 0.3 is 12.1 Å². The van der Waals surface area contributed by atoms with E-state index in [2.05, 4.69) is 22.6 Å². The number of piperidine rings is 1. The minimum Gasteiger partial charge on any atom is -0.490 e. The summed E-state index contributed by atoms with van der Waals surface area (Å²) in [4.78, 5) is 26.3. The van der Waals surface area contributed by atoms with E-state index in [4.69, 9.17) is 14.6 Å². The van der Waals surface area contributed by atoms with Crippen molar-refractivity contribution in [3.05, 3.63) is 33.5 Å². The van der Waals surface area contributed by atoms with Gasteiger partial charge in [-0.25, -0.2) is 9.59 Å². The number of rotatable bonds is 5. The number of halogens is 1. The average molecular weight is 553 g/mol. The molecule has 1 aliphatic carbocycles. The van der Waals surface area contributed by atoms with Gasteiger partial charge in [0.15, 0.2) is 5.69 Å². The molecule has 1 aromatic heterocycles. The Morgan fingerprint density at radius 1 is 1.16 bits per heavy atom. The van der Waals surface area contributed by atoms with E-state index in [0.29, 0.717) is 28.5 Å². The monoisotopic (exact) mass is 553 g/mol. The maximum Gasteiger partial charge on any atom is 0.410 e. The van der Waals surface area contributed by atoms with E-state index in [1.165, 1.54) is 0 Å². The molecule has 172 valence electrons. The molecule has 2 fully saturated rings. The van der Waals surface area contributed by atoms with Crippen LogP contribution in [0, 0.1) is 3.57 Å². The molecule has 9 heteroatoms. The molecule has 1 saturated carbocycles. The second-order valence-electron chi connectivity index (χ2n) is 9.32. The van der Waals surface area contributed by atoms with Crippen LogP contribution in [0.25, 0.3) is 11.3 Å². The molecule has 1 N–H and O–H groups in total. The minimum absolute atomic E-state index is 0.148. The Morgan fingerprint density at radius 3 is 2.44 bits per heavy atom. The second kappa shape index (κ2) is 8.92. The Kier molecular flexibility index (Phi) is 6.37. The van der Waals surface area contributed by atoms with E-state index in [1.807, 2.05) is 45.0 Å². The number of ether oxygens (including phenoxy) is 2. The summed E-state index contributed by atoms with van der Waals surface area (Å²) < 4.78 is 13.5. The van der Waals surface area contributed by atoms with Crippen molar-refractivity contribution in [1.82, 2.24) is 14.7 Å². The van der Waals surface area contributed by atoms with E-state index in [9.17, 15) is 14.7 Å². The van der Waals surface area contributed by atoms with Gasteiger partial charge in [0.2, 0.25) is 0 Å². The highest BCUT2D eigenvalue weighted by molar-refractivity contribution is 14.1. The van der Waals surface area contributed by atoms with Crippen LogP contribution in [0.1, 0.15) is 63.0 Å². The van der Waals surface area contributed by atoms with Crippen molar-refractivity contribution in [2.24, 2.45) is 0 Å². The number of carboxylic acids is 1. The molecule has 1 aromatic carbocycles. The highest BCUT2D eigenvalue weighted by Gasteiger charge is 2.33.